The van der Waals surface area contributed by atoms with Crippen LogP contribution in [0, 0.1) is 0 Å². The number of ether oxygens (including phenoxy) is 1. The lowest BCUT2D eigenvalue weighted by Gasteiger charge is -2.03. The number of nitrogens with zero attached hydrogens (tertiary/aromatic N) is 4. The fourth-order valence-electron chi connectivity index (χ4n) is 0.946. The van der Waals surface area contributed by atoms with E-state index in [-0.39, 0.29) is 17.2 Å². The molecule has 0 aromatic carbocycles. The Kier molecular flexibility index (Phi) is 3.02. The molecule has 0 unspecified atom stereocenters. The maximum absolute atomic E-state index is 5.73. The highest BCUT2D eigenvalue weighted by Crippen LogP contribution is 2.21. The molecule has 2 aromatic rings. The van der Waals surface area contributed by atoms with Crippen molar-refractivity contribution in [3.8, 4) is 11.8 Å². The average molecular weight is 258 g/mol. The van der Waals surface area contributed by atoms with Gasteiger partial charge in [-0.15, -0.1) is 0 Å². The Morgan fingerprint density at radius 1 is 1.12 bits per heavy atom. The van der Waals surface area contributed by atoms with Gasteiger partial charge in [0.15, 0.2) is 5.75 Å². The molecule has 2 rings (SSSR count). The van der Waals surface area contributed by atoms with E-state index in [0.29, 0.717) is 10.8 Å². The summed E-state index contributed by atoms with van der Waals surface area (Å²) in [5, 5.41) is 0.392. The van der Waals surface area contributed by atoms with Crippen LogP contribution in [0.1, 0.15) is 0 Å². The predicted octanol–water partition coefficient (Wildman–Crippen LogP) is 1.95. The Hall–Kier alpha value is -1.66. The molecule has 8 heteroatoms. The molecule has 0 bridgehead atoms. The lowest BCUT2D eigenvalue weighted by atomic mass is 10.5. The van der Waals surface area contributed by atoms with Gasteiger partial charge in [-0.1, -0.05) is 11.6 Å². The predicted molar refractivity (Wildman–Crippen MR) is 58.6 cm³/mol. The maximum Gasteiger partial charge on any atom is 0.328 e. The molecule has 82 valence electrons. The summed E-state index contributed by atoms with van der Waals surface area (Å²) in [6.45, 7) is 0. The van der Waals surface area contributed by atoms with Gasteiger partial charge in [0.1, 0.15) is 0 Å². The van der Waals surface area contributed by atoms with Gasteiger partial charge in [0.25, 0.3) is 0 Å². The van der Waals surface area contributed by atoms with Crippen molar-refractivity contribution >= 4 is 29.2 Å². The number of nitrogen functional groups attached to an aromatic ring is 1. The van der Waals surface area contributed by atoms with Crippen LogP contribution in [0.25, 0.3) is 0 Å². The first-order chi connectivity index (χ1) is 7.63. The molecule has 0 saturated carbocycles. The molecule has 2 N–H and O–H groups in total. The first-order valence-corrected chi connectivity index (χ1v) is 4.84. The first kappa shape index (κ1) is 10.8. The summed E-state index contributed by atoms with van der Waals surface area (Å²) in [5.41, 5.74) is 5.37. The van der Waals surface area contributed by atoms with Crippen LogP contribution in [0.5, 0.6) is 11.8 Å². The van der Waals surface area contributed by atoms with Crippen molar-refractivity contribution in [1.82, 2.24) is 19.9 Å². The van der Waals surface area contributed by atoms with Gasteiger partial charge in [0.05, 0.1) is 11.2 Å². The van der Waals surface area contributed by atoms with E-state index in [4.69, 9.17) is 33.7 Å². The topological polar surface area (TPSA) is 86.8 Å². The largest absolute Gasteiger partial charge is 0.422 e. The van der Waals surface area contributed by atoms with Crippen LogP contribution in [0.4, 0.5) is 5.95 Å². The minimum Gasteiger partial charge on any atom is -0.422 e. The van der Waals surface area contributed by atoms with Crippen molar-refractivity contribution < 1.29 is 4.74 Å². The van der Waals surface area contributed by atoms with E-state index in [0.717, 1.165) is 0 Å². The highest BCUT2D eigenvalue weighted by molar-refractivity contribution is 6.30. The number of hydrogen-bond acceptors (Lipinski definition) is 6. The zero-order chi connectivity index (χ0) is 11.5. The van der Waals surface area contributed by atoms with Gasteiger partial charge in [-0.05, 0) is 11.6 Å². The molecular weight excluding hydrogens is 253 g/mol. The fourth-order valence-corrected chi connectivity index (χ4v) is 1.27. The Balaban J connectivity index is 2.27. The van der Waals surface area contributed by atoms with E-state index in [2.05, 4.69) is 19.9 Å². The van der Waals surface area contributed by atoms with Crippen LogP contribution < -0.4 is 10.5 Å². The third-order valence-electron chi connectivity index (χ3n) is 1.49. The fraction of sp³-hybridized carbons (Fsp3) is 0. The molecule has 0 aliphatic carbocycles. The summed E-state index contributed by atoms with van der Waals surface area (Å²) in [6, 6.07) is 1.55. The van der Waals surface area contributed by atoms with Crippen molar-refractivity contribution in [3.05, 3.63) is 28.8 Å². The Morgan fingerprint density at radius 2 is 1.94 bits per heavy atom. The molecule has 0 aliphatic rings. The second kappa shape index (κ2) is 4.46. The molecule has 0 aliphatic heterocycles. The summed E-state index contributed by atoms with van der Waals surface area (Å²) >= 11 is 11.3. The molecule has 0 saturated heterocycles. The SMILES string of the molecule is Nc1nc(Cl)nc(Oc2cncc(Cl)c2)n1. The Bertz CT molecular complexity index is 501. The van der Waals surface area contributed by atoms with Crippen molar-refractivity contribution in [3.63, 3.8) is 0 Å². The Labute approximate surface area is 100 Å². The van der Waals surface area contributed by atoms with Crippen molar-refractivity contribution in [2.75, 3.05) is 5.73 Å². The molecule has 6 nitrogen and oxygen atoms in total. The number of aromatic nitrogens is 4. The van der Waals surface area contributed by atoms with Gasteiger partial charge in [-0.25, -0.2) is 0 Å². The maximum atomic E-state index is 5.73. The van der Waals surface area contributed by atoms with Crippen LogP contribution in [0.3, 0.4) is 0 Å². The number of anilines is 1. The quantitative estimate of drug-likeness (QED) is 0.885. The lowest BCUT2D eigenvalue weighted by molar-refractivity contribution is 0.439. The van der Waals surface area contributed by atoms with E-state index in [1.165, 1.54) is 12.4 Å². The second-order valence-electron chi connectivity index (χ2n) is 2.69. The number of nitrogens with two attached hydrogens (primary N) is 1. The van der Waals surface area contributed by atoms with E-state index in [1.54, 1.807) is 6.07 Å². The second-order valence-corrected chi connectivity index (χ2v) is 3.46. The van der Waals surface area contributed by atoms with Crippen molar-refractivity contribution in [2.45, 2.75) is 0 Å². The standard InChI is InChI=1S/C8H5Cl2N5O/c9-4-1-5(3-12-2-4)16-8-14-6(10)13-7(11)15-8/h1-3H,(H2,11,13,14,15). The van der Waals surface area contributed by atoms with Gasteiger partial charge in [-0.3, -0.25) is 4.98 Å². The molecule has 0 radical (unpaired) electrons. The molecule has 0 fully saturated rings. The zero-order valence-electron chi connectivity index (χ0n) is 7.76. The van der Waals surface area contributed by atoms with E-state index < -0.39 is 0 Å². The van der Waals surface area contributed by atoms with Gasteiger partial charge in [-0.2, -0.15) is 15.0 Å². The van der Waals surface area contributed by atoms with Crippen molar-refractivity contribution in [2.24, 2.45) is 0 Å². The minimum absolute atomic E-state index is 0.0124. The van der Waals surface area contributed by atoms with Gasteiger partial charge < -0.3 is 10.5 Å². The number of hydrogen-bond donors (Lipinski definition) is 1. The van der Waals surface area contributed by atoms with Gasteiger partial charge >= 0.3 is 6.01 Å². The Morgan fingerprint density at radius 3 is 2.62 bits per heavy atom. The summed E-state index contributed by atoms with van der Waals surface area (Å²) in [4.78, 5) is 14.9. The minimum atomic E-state index is -0.0440. The summed E-state index contributed by atoms with van der Waals surface area (Å²) in [7, 11) is 0. The normalized spacial score (nSPS) is 10.1. The molecule has 0 atom stereocenters. The number of pyridine rings is 1. The molecule has 2 heterocycles. The zero-order valence-corrected chi connectivity index (χ0v) is 9.27. The molecule has 2 aromatic heterocycles. The molecule has 16 heavy (non-hydrogen) atoms. The smallest absolute Gasteiger partial charge is 0.328 e. The first-order valence-electron chi connectivity index (χ1n) is 4.09. The van der Waals surface area contributed by atoms with E-state index in [1.807, 2.05) is 0 Å². The third kappa shape index (κ3) is 2.68. The van der Waals surface area contributed by atoms with Crippen LogP contribution in [0.2, 0.25) is 10.3 Å². The summed E-state index contributed by atoms with van der Waals surface area (Å²) in [5.74, 6) is 0.360. The lowest BCUT2D eigenvalue weighted by Crippen LogP contribution is -2.00. The van der Waals surface area contributed by atoms with E-state index in [9.17, 15) is 0 Å². The van der Waals surface area contributed by atoms with Gasteiger partial charge in [0.2, 0.25) is 11.2 Å². The van der Waals surface area contributed by atoms with Crippen molar-refractivity contribution in [1.29, 1.82) is 0 Å². The molecule has 0 amide bonds. The van der Waals surface area contributed by atoms with Crippen LogP contribution in [0.15, 0.2) is 18.5 Å². The van der Waals surface area contributed by atoms with E-state index >= 15 is 0 Å². The van der Waals surface area contributed by atoms with Gasteiger partial charge in [0, 0.05) is 12.3 Å². The van der Waals surface area contributed by atoms with Crippen LogP contribution in [-0.2, 0) is 0 Å². The van der Waals surface area contributed by atoms with Crippen LogP contribution >= 0.6 is 23.2 Å². The monoisotopic (exact) mass is 257 g/mol. The highest BCUT2D eigenvalue weighted by atomic mass is 35.5. The molecular formula is C8H5Cl2N5O. The summed E-state index contributed by atoms with van der Waals surface area (Å²) < 4.78 is 5.25. The summed E-state index contributed by atoms with van der Waals surface area (Å²) in [6.07, 6.45) is 2.93. The molecule has 0 spiro atoms. The van der Waals surface area contributed by atoms with Crippen LogP contribution in [-0.4, -0.2) is 19.9 Å². The number of rotatable bonds is 2. The number of halogens is 2. The highest BCUT2D eigenvalue weighted by Gasteiger charge is 2.05. The third-order valence-corrected chi connectivity index (χ3v) is 1.87. The average Bonchev–Trinajstić information content (AvgIpc) is 2.15.